The number of morpholine rings is 1. The van der Waals surface area contributed by atoms with Crippen LogP contribution in [0.15, 0.2) is 42.6 Å². The summed E-state index contributed by atoms with van der Waals surface area (Å²) in [6, 6.07) is 11.6. The number of nitrogens with one attached hydrogen (secondary N) is 2. The Balaban J connectivity index is 1.47. The maximum atomic E-state index is 12.0. The highest BCUT2D eigenvalue weighted by molar-refractivity contribution is 5.88. The van der Waals surface area contributed by atoms with E-state index in [0.717, 1.165) is 32.0 Å². The van der Waals surface area contributed by atoms with Gasteiger partial charge in [0, 0.05) is 37.9 Å². The van der Waals surface area contributed by atoms with Crippen LogP contribution in [-0.2, 0) is 4.74 Å². The van der Waals surface area contributed by atoms with Crippen LogP contribution < -0.4 is 10.6 Å². The molecule has 7 nitrogen and oxygen atoms in total. The van der Waals surface area contributed by atoms with Crippen molar-refractivity contribution in [3.05, 3.63) is 42.6 Å². The van der Waals surface area contributed by atoms with E-state index in [2.05, 4.69) is 27.6 Å². The Kier molecular flexibility index (Phi) is 5.45. The van der Waals surface area contributed by atoms with Gasteiger partial charge in [0.25, 0.3) is 0 Å². The maximum Gasteiger partial charge on any atom is 0.320 e. The van der Waals surface area contributed by atoms with Crippen LogP contribution in [0.1, 0.15) is 6.92 Å². The monoisotopic (exact) mass is 329 g/mol. The summed E-state index contributed by atoms with van der Waals surface area (Å²) in [6.07, 6.45) is 1.82. The van der Waals surface area contributed by atoms with Crippen LogP contribution in [0.5, 0.6) is 0 Å². The summed E-state index contributed by atoms with van der Waals surface area (Å²) in [5.74, 6) is 0.523. The molecule has 2 amide bonds. The van der Waals surface area contributed by atoms with Crippen molar-refractivity contribution in [2.45, 2.75) is 13.0 Å². The van der Waals surface area contributed by atoms with Crippen LogP contribution in [-0.4, -0.2) is 59.6 Å². The lowest BCUT2D eigenvalue weighted by Crippen LogP contribution is -2.47. The number of rotatable bonds is 5. The topological polar surface area (TPSA) is 71.4 Å². The quantitative estimate of drug-likeness (QED) is 0.876. The number of benzene rings is 1. The Bertz CT molecular complexity index is 652. The number of aromatic nitrogens is 2. The largest absolute Gasteiger partial charge is 0.379 e. The minimum Gasteiger partial charge on any atom is -0.379 e. The molecule has 1 aliphatic heterocycles. The predicted molar refractivity (Wildman–Crippen MR) is 92.4 cm³/mol. The van der Waals surface area contributed by atoms with Crippen LogP contribution in [0.3, 0.4) is 0 Å². The van der Waals surface area contributed by atoms with Gasteiger partial charge in [-0.25, -0.2) is 9.48 Å². The molecule has 2 aromatic rings. The smallest absolute Gasteiger partial charge is 0.320 e. The van der Waals surface area contributed by atoms with E-state index >= 15 is 0 Å². The van der Waals surface area contributed by atoms with Gasteiger partial charge < -0.3 is 10.1 Å². The number of carbonyl (C=O) groups is 1. The first-order valence-corrected chi connectivity index (χ1v) is 8.20. The zero-order chi connectivity index (χ0) is 16.8. The Labute approximate surface area is 141 Å². The summed E-state index contributed by atoms with van der Waals surface area (Å²) in [4.78, 5) is 14.3. The van der Waals surface area contributed by atoms with Gasteiger partial charge in [-0.1, -0.05) is 18.2 Å². The fourth-order valence-corrected chi connectivity index (χ4v) is 2.66. The van der Waals surface area contributed by atoms with E-state index in [1.165, 1.54) is 0 Å². The number of carbonyl (C=O) groups excluding carboxylic acids is 1. The molecule has 1 atom stereocenters. The molecule has 1 aromatic carbocycles. The van der Waals surface area contributed by atoms with Crippen molar-refractivity contribution in [2.75, 3.05) is 38.2 Å². The summed E-state index contributed by atoms with van der Waals surface area (Å²) in [7, 11) is 0. The Morgan fingerprint density at radius 1 is 1.25 bits per heavy atom. The van der Waals surface area contributed by atoms with Crippen molar-refractivity contribution in [1.82, 2.24) is 20.0 Å². The molecule has 3 rings (SSSR count). The molecule has 0 radical (unpaired) electrons. The van der Waals surface area contributed by atoms with Crippen LogP contribution >= 0.6 is 0 Å². The zero-order valence-electron chi connectivity index (χ0n) is 13.8. The lowest BCUT2D eigenvalue weighted by Gasteiger charge is -2.32. The number of hydrogen-bond donors (Lipinski definition) is 2. The molecule has 7 heteroatoms. The molecule has 1 unspecified atom stereocenters. The molecule has 1 aliphatic rings. The Hall–Kier alpha value is -2.38. The summed E-state index contributed by atoms with van der Waals surface area (Å²) in [5, 5.41) is 10.0. The first kappa shape index (κ1) is 16.5. The zero-order valence-corrected chi connectivity index (χ0v) is 13.8. The summed E-state index contributed by atoms with van der Waals surface area (Å²) in [6.45, 7) is 6.03. The molecule has 1 saturated heterocycles. The summed E-state index contributed by atoms with van der Waals surface area (Å²) >= 11 is 0. The lowest BCUT2D eigenvalue weighted by atomic mass is 10.2. The van der Waals surface area contributed by atoms with Gasteiger partial charge in [-0.05, 0) is 19.1 Å². The van der Waals surface area contributed by atoms with Crippen molar-refractivity contribution in [3.63, 3.8) is 0 Å². The molecule has 128 valence electrons. The number of amides is 2. The molecule has 0 aliphatic carbocycles. The number of hydrogen-bond acceptors (Lipinski definition) is 4. The van der Waals surface area contributed by atoms with Gasteiger partial charge >= 0.3 is 6.03 Å². The molecule has 0 bridgehead atoms. The SMILES string of the molecule is CC(CNC(=O)Nc1ccn(-c2ccccc2)n1)N1CCOCC1. The first-order valence-electron chi connectivity index (χ1n) is 8.20. The molecule has 24 heavy (non-hydrogen) atoms. The summed E-state index contributed by atoms with van der Waals surface area (Å²) in [5.41, 5.74) is 0.951. The molecule has 2 N–H and O–H groups in total. The molecule has 1 aromatic heterocycles. The van der Waals surface area contributed by atoms with E-state index in [9.17, 15) is 4.79 Å². The van der Waals surface area contributed by atoms with E-state index in [4.69, 9.17) is 4.74 Å². The third-order valence-electron chi connectivity index (χ3n) is 4.08. The second-order valence-electron chi connectivity index (χ2n) is 5.81. The van der Waals surface area contributed by atoms with Crippen molar-refractivity contribution in [3.8, 4) is 5.69 Å². The van der Waals surface area contributed by atoms with E-state index in [0.29, 0.717) is 12.4 Å². The van der Waals surface area contributed by atoms with Crippen LogP contribution in [0, 0.1) is 0 Å². The highest BCUT2D eigenvalue weighted by Gasteiger charge is 2.17. The molecular formula is C17H23N5O2. The first-order chi connectivity index (χ1) is 11.7. The average Bonchev–Trinajstić information content (AvgIpc) is 3.09. The second kappa shape index (κ2) is 7.94. The van der Waals surface area contributed by atoms with E-state index in [1.54, 1.807) is 10.7 Å². The normalized spacial score (nSPS) is 16.5. The number of ether oxygens (including phenoxy) is 1. The summed E-state index contributed by atoms with van der Waals surface area (Å²) < 4.78 is 7.07. The minimum atomic E-state index is -0.242. The fourth-order valence-electron chi connectivity index (χ4n) is 2.66. The molecule has 2 heterocycles. The third-order valence-corrected chi connectivity index (χ3v) is 4.08. The third kappa shape index (κ3) is 4.33. The van der Waals surface area contributed by atoms with Gasteiger partial charge in [0.05, 0.1) is 18.9 Å². The van der Waals surface area contributed by atoms with Gasteiger partial charge in [0.1, 0.15) is 0 Å². The predicted octanol–water partition coefficient (Wildman–Crippen LogP) is 1.71. The number of nitrogens with zero attached hydrogens (tertiary/aromatic N) is 3. The van der Waals surface area contributed by atoms with Gasteiger partial charge in [0.2, 0.25) is 0 Å². The second-order valence-corrected chi connectivity index (χ2v) is 5.81. The Morgan fingerprint density at radius 2 is 2.00 bits per heavy atom. The van der Waals surface area contributed by atoms with Gasteiger partial charge in [-0.15, -0.1) is 5.10 Å². The van der Waals surface area contributed by atoms with Crippen molar-refractivity contribution >= 4 is 11.8 Å². The van der Waals surface area contributed by atoms with Crippen LogP contribution in [0.2, 0.25) is 0 Å². The fraction of sp³-hybridized carbons (Fsp3) is 0.412. The number of anilines is 1. The molecular weight excluding hydrogens is 306 g/mol. The highest BCUT2D eigenvalue weighted by Crippen LogP contribution is 2.09. The Morgan fingerprint density at radius 3 is 2.75 bits per heavy atom. The molecule has 0 saturated carbocycles. The van der Waals surface area contributed by atoms with Crippen molar-refractivity contribution < 1.29 is 9.53 Å². The molecule has 0 spiro atoms. The number of para-hydroxylation sites is 1. The van der Waals surface area contributed by atoms with Gasteiger partial charge in [-0.2, -0.15) is 0 Å². The van der Waals surface area contributed by atoms with Gasteiger partial charge in [-0.3, -0.25) is 10.2 Å². The average molecular weight is 329 g/mol. The van der Waals surface area contributed by atoms with E-state index in [1.807, 2.05) is 36.5 Å². The van der Waals surface area contributed by atoms with Crippen molar-refractivity contribution in [1.29, 1.82) is 0 Å². The van der Waals surface area contributed by atoms with E-state index < -0.39 is 0 Å². The maximum absolute atomic E-state index is 12.0. The van der Waals surface area contributed by atoms with Crippen LogP contribution in [0.25, 0.3) is 5.69 Å². The van der Waals surface area contributed by atoms with Crippen molar-refractivity contribution in [2.24, 2.45) is 0 Å². The standard InChI is InChI=1S/C17H23N5O2/c1-14(21-9-11-24-12-10-21)13-18-17(23)19-16-7-8-22(20-16)15-5-3-2-4-6-15/h2-8,14H,9-13H2,1H3,(H2,18,19,20,23). The van der Waals surface area contributed by atoms with E-state index in [-0.39, 0.29) is 12.1 Å². The minimum absolute atomic E-state index is 0.242. The molecule has 1 fully saturated rings. The highest BCUT2D eigenvalue weighted by atomic mass is 16.5. The van der Waals surface area contributed by atoms with Gasteiger partial charge in [0.15, 0.2) is 5.82 Å². The number of urea groups is 1. The van der Waals surface area contributed by atoms with Crippen LogP contribution in [0.4, 0.5) is 10.6 Å². The lowest BCUT2D eigenvalue weighted by molar-refractivity contribution is 0.0209.